The molecule has 4 saturated carbocycles. The Balaban J connectivity index is 1.60. The van der Waals surface area contributed by atoms with E-state index in [-0.39, 0.29) is 45.5 Å². The van der Waals surface area contributed by atoms with Crippen LogP contribution in [0.3, 0.4) is 0 Å². The summed E-state index contributed by atoms with van der Waals surface area (Å²) in [4.78, 5) is 25.4. The minimum Gasteiger partial charge on any atom is -0.455 e. The van der Waals surface area contributed by atoms with E-state index < -0.39 is 76.7 Å². The van der Waals surface area contributed by atoms with E-state index in [2.05, 4.69) is 98.1 Å². The topological polar surface area (TPSA) is 61.8 Å². The van der Waals surface area contributed by atoms with E-state index in [0.29, 0.717) is 13.3 Å². The number of ketones is 1. The molecule has 0 aliphatic heterocycles. The molecule has 0 heterocycles. The maximum atomic E-state index is 15.3. The van der Waals surface area contributed by atoms with Crippen LogP contribution in [-0.4, -0.2) is 70.6 Å². The fourth-order valence-corrected chi connectivity index (χ4v) is 12.1. The molecule has 0 amide bonds. The van der Waals surface area contributed by atoms with Gasteiger partial charge in [-0.2, -0.15) is 39.5 Å². The molecule has 4 rings (SSSR count). The van der Waals surface area contributed by atoms with Crippen molar-refractivity contribution in [2.45, 2.75) is 199 Å². The van der Waals surface area contributed by atoms with Gasteiger partial charge in [-0.15, -0.1) is 0 Å². The zero-order valence-corrected chi connectivity index (χ0v) is 40.8. The van der Waals surface area contributed by atoms with Crippen LogP contribution in [0.1, 0.15) is 120 Å². The molecule has 0 aromatic heterocycles. The number of ether oxygens (including phenoxy) is 1. The lowest BCUT2D eigenvalue weighted by Crippen LogP contribution is -2.66. The van der Waals surface area contributed by atoms with Crippen molar-refractivity contribution in [1.82, 2.24) is 0 Å². The Morgan fingerprint density at radius 2 is 1.37 bits per heavy atom. The molecule has 354 valence electrons. The van der Waals surface area contributed by atoms with Crippen LogP contribution in [-0.2, 0) is 23.2 Å². The highest BCUT2D eigenvalue weighted by molar-refractivity contribution is 6.74. The number of esters is 1. The molecule has 0 spiro atoms. The smallest absolute Gasteiger partial charge is 0.455 e. The van der Waals surface area contributed by atoms with Gasteiger partial charge in [0.15, 0.2) is 28.5 Å². The van der Waals surface area contributed by atoms with Gasteiger partial charge in [-0.3, -0.25) is 9.59 Å². The number of fused-ring (bicyclic) bond motifs is 1. The minimum atomic E-state index is -7.20. The highest BCUT2D eigenvalue weighted by atomic mass is 28.4. The van der Waals surface area contributed by atoms with Crippen LogP contribution in [0.25, 0.3) is 0 Å². The van der Waals surface area contributed by atoms with Crippen molar-refractivity contribution in [3.8, 4) is 0 Å². The third kappa shape index (κ3) is 9.83. The van der Waals surface area contributed by atoms with Crippen LogP contribution < -0.4 is 0 Å². The summed E-state index contributed by atoms with van der Waals surface area (Å²) in [5.41, 5.74) is 0.492. The molecular formula is C46H69F9O5Si2. The molecular weight excluding hydrogens is 860 g/mol. The number of carbonyl (C=O) groups excluding carboxylic acids is 2. The van der Waals surface area contributed by atoms with Gasteiger partial charge in [0.05, 0.1) is 17.6 Å². The standard InChI is InChI=1S/C46H69F9O5Si2/c1-28(17-22-37(57)42(24-25-42)38(58-30(3)56)43(47,48)44(49,50)45(51,52)46(53,54)55)34-20-21-35-31(16-15-23-41(34,35)10)18-19-32-26-33(59-61(11,12)39(4,5)6)27-36(29(32)2)60-62(13,14)40(7,8)9/h17-19,22,28,33-36,38H,2,15-16,20-21,23-27H2,1,3-14H3/t28-,33-,34-,35+,36+,38?,41-/m1/s1. The second-order valence-corrected chi connectivity index (χ2v) is 31.4. The van der Waals surface area contributed by atoms with Crippen LogP contribution in [0.2, 0.25) is 36.3 Å². The normalized spacial score (nSPS) is 29.2. The maximum Gasteiger partial charge on any atom is 0.460 e. The molecule has 4 fully saturated rings. The van der Waals surface area contributed by atoms with E-state index in [0.717, 1.165) is 55.7 Å². The largest absolute Gasteiger partial charge is 0.460 e. The molecule has 0 saturated heterocycles. The summed E-state index contributed by atoms with van der Waals surface area (Å²) < 4.78 is 145. The number of hydrogen-bond acceptors (Lipinski definition) is 5. The second kappa shape index (κ2) is 17.2. The summed E-state index contributed by atoms with van der Waals surface area (Å²) in [6.07, 6.45) is 0.418. The van der Waals surface area contributed by atoms with Crippen LogP contribution >= 0.6 is 0 Å². The highest BCUT2D eigenvalue weighted by Crippen LogP contribution is 2.63. The summed E-state index contributed by atoms with van der Waals surface area (Å²) in [5, 5.41) is 0.0160. The highest BCUT2D eigenvalue weighted by Gasteiger charge is 2.86. The fourth-order valence-electron chi connectivity index (χ4n) is 9.47. The average molecular weight is 929 g/mol. The SMILES string of the molecule is C=C1C(=CC=C2CCC[C@]3(C)[C@@H]([C@H](C)C=CC(=O)C4(C(OC(C)=O)C(F)(F)C(F)(F)C(F)(F)C(F)(F)F)CC4)CC[C@@H]23)C[C@@H](O[Si](C)(C)C(C)(C)C)C[C@@H]1O[Si](C)(C)C(C)(C)C. The van der Waals surface area contributed by atoms with Crippen molar-refractivity contribution in [3.05, 3.63) is 47.6 Å². The van der Waals surface area contributed by atoms with E-state index >= 15 is 8.78 Å². The van der Waals surface area contributed by atoms with Crippen molar-refractivity contribution >= 4 is 28.4 Å². The molecule has 1 unspecified atom stereocenters. The van der Waals surface area contributed by atoms with E-state index in [1.807, 2.05) is 6.92 Å². The Labute approximate surface area is 365 Å². The van der Waals surface area contributed by atoms with Gasteiger partial charge in [0.1, 0.15) is 0 Å². The molecule has 0 radical (unpaired) electrons. The van der Waals surface area contributed by atoms with E-state index in [1.165, 1.54) is 11.6 Å². The van der Waals surface area contributed by atoms with Gasteiger partial charge in [0.25, 0.3) is 0 Å². The van der Waals surface area contributed by atoms with Crippen LogP contribution in [0.5, 0.6) is 0 Å². The first-order valence-corrected chi connectivity index (χ1v) is 27.7. The first-order chi connectivity index (χ1) is 27.8. The summed E-state index contributed by atoms with van der Waals surface area (Å²) in [6, 6.07) is 0. The lowest BCUT2D eigenvalue weighted by Gasteiger charge is -2.45. The van der Waals surface area contributed by atoms with Crippen molar-refractivity contribution in [1.29, 1.82) is 0 Å². The zero-order chi connectivity index (χ0) is 47.7. The molecule has 7 atom stereocenters. The van der Waals surface area contributed by atoms with Gasteiger partial charge in [-0.05, 0) is 128 Å². The maximum absolute atomic E-state index is 15.3. The molecule has 0 aromatic rings. The minimum absolute atomic E-state index is 0.00189. The summed E-state index contributed by atoms with van der Waals surface area (Å²) in [6.45, 7) is 31.4. The first-order valence-electron chi connectivity index (χ1n) is 21.8. The van der Waals surface area contributed by atoms with E-state index in [1.54, 1.807) is 0 Å². The van der Waals surface area contributed by atoms with Crippen molar-refractivity contribution in [3.63, 3.8) is 0 Å². The van der Waals surface area contributed by atoms with Crippen LogP contribution in [0, 0.1) is 28.6 Å². The van der Waals surface area contributed by atoms with Gasteiger partial charge in [-0.1, -0.05) is 85.8 Å². The number of hydrogen-bond donors (Lipinski definition) is 0. The lowest BCUT2D eigenvalue weighted by atomic mass is 9.61. The number of carbonyl (C=O) groups is 2. The zero-order valence-electron chi connectivity index (χ0n) is 38.8. The van der Waals surface area contributed by atoms with Gasteiger partial charge in [0, 0.05) is 13.3 Å². The Bertz CT molecular complexity index is 1800. The van der Waals surface area contributed by atoms with Crippen molar-refractivity contribution in [2.75, 3.05) is 0 Å². The predicted octanol–water partition coefficient (Wildman–Crippen LogP) is 14.1. The third-order valence-electron chi connectivity index (χ3n) is 15.5. The average Bonchev–Trinajstić information content (AvgIpc) is 3.83. The molecule has 5 nitrogen and oxygen atoms in total. The van der Waals surface area contributed by atoms with E-state index in [9.17, 15) is 40.3 Å². The molecule has 62 heavy (non-hydrogen) atoms. The van der Waals surface area contributed by atoms with Crippen LogP contribution in [0.4, 0.5) is 39.5 Å². The van der Waals surface area contributed by atoms with Crippen molar-refractivity contribution < 1.29 is 62.7 Å². The van der Waals surface area contributed by atoms with Gasteiger partial charge >= 0.3 is 29.9 Å². The van der Waals surface area contributed by atoms with Gasteiger partial charge in [0.2, 0.25) is 0 Å². The predicted molar refractivity (Wildman–Crippen MR) is 228 cm³/mol. The first kappa shape index (κ1) is 52.4. The van der Waals surface area contributed by atoms with Crippen molar-refractivity contribution in [2.24, 2.45) is 28.6 Å². The third-order valence-corrected chi connectivity index (χ3v) is 24.5. The fraction of sp³-hybridized carbons (Fsp3) is 0.783. The van der Waals surface area contributed by atoms with Gasteiger partial charge < -0.3 is 13.6 Å². The molecule has 0 N–H and O–H groups in total. The monoisotopic (exact) mass is 928 g/mol. The Hall–Kier alpha value is -2.18. The van der Waals surface area contributed by atoms with Gasteiger partial charge in [-0.25, -0.2) is 0 Å². The summed E-state index contributed by atoms with van der Waals surface area (Å²) >= 11 is 0. The number of halogens is 9. The Morgan fingerprint density at radius 1 is 0.823 bits per heavy atom. The summed E-state index contributed by atoms with van der Waals surface area (Å²) in [7, 11) is -4.30. The molecule has 4 aliphatic rings. The second-order valence-electron chi connectivity index (χ2n) is 21.9. The molecule has 16 heteroatoms. The molecule has 0 bridgehead atoms. The summed E-state index contributed by atoms with van der Waals surface area (Å²) in [5.74, 6) is -23.5. The van der Waals surface area contributed by atoms with E-state index in [4.69, 9.17) is 8.85 Å². The molecule has 4 aliphatic carbocycles. The lowest BCUT2D eigenvalue weighted by molar-refractivity contribution is -0.408. The quantitative estimate of drug-likeness (QED) is 0.0752. The van der Waals surface area contributed by atoms with Crippen LogP contribution in [0.15, 0.2) is 47.6 Å². The number of alkyl halides is 9. The molecule has 0 aromatic carbocycles. The number of allylic oxidation sites excluding steroid dienone is 5. The Morgan fingerprint density at radius 3 is 1.87 bits per heavy atom. The number of rotatable bonds is 14. The Kier molecular flexibility index (Phi) is 14.6.